The molecule has 0 saturated carbocycles. The largest absolute Gasteiger partial charge is 0.494 e. The number of rotatable bonds is 8. The first-order valence-electron chi connectivity index (χ1n) is 10.3. The van der Waals surface area contributed by atoms with Gasteiger partial charge in [0, 0.05) is 27.1 Å². The Kier molecular flexibility index (Phi) is 7.39. The molecule has 0 spiro atoms. The lowest BCUT2D eigenvalue weighted by atomic mass is 10.1. The second-order valence-electron chi connectivity index (χ2n) is 7.83. The van der Waals surface area contributed by atoms with Gasteiger partial charge in [0.15, 0.2) is 0 Å². The fraction of sp³-hybridized carbons (Fsp3) is 0.320. The summed E-state index contributed by atoms with van der Waals surface area (Å²) in [6.45, 7) is 10.9. The Bertz CT molecular complexity index is 1080. The van der Waals surface area contributed by atoms with Gasteiger partial charge in [0.1, 0.15) is 11.4 Å². The SMILES string of the molecule is Cc1ccc(Sc2c(C)c(C(=O)O)n(CCCOc3cc(C)c(Cl)c(C)c3)c2C)cc1. The minimum atomic E-state index is -0.902. The summed E-state index contributed by atoms with van der Waals surface area (Å²) in [5.74, 6) is -0.116. The molecule has 1 aromatic heterocycles. The predicted octanol–water partition coefficient (Wildman–Crippen LogP) is 7.00. The van der Waals surface area contributed by atoms with E-state index in [1.165, 1.54) is 5.56 Å². The van der Waals surface area contributed by atoms with Crippen LogP contribution in [-0.2, 0) is 6.54 Å². The number of hydrogen-bond acceptors (Lipinski definition) is 3. The Balaban J connectivity index is 1.74. The van der Waals surface area contributed by atoms with Gasteiger partial charge in [0.05, 0.1) is 6.61 Å². The van der Waals surface area contributed by atoms with E-state index in [0.717, 1.165) is 42.9 Å². The summed E-state index contributed by atoms with van der Waals surface area (Å²) >= 11 is 7.84. The van der Waals surface area contributed by atoms with Gasteiger partial charge < -0.3 is 14.4 Å². The van der Waals surface area contributed by atoms with Crippen molar-refractivity contribution >= 4 is 29.3 Å². The summed E-state index contributed by atoms with van der Waals surface area (Å²) in [4.78, 5) is 14.1. The van der Waals surface area contributed by atoms with Crippen LogP contribution in [0.5, 0.6) is 5.75 Å². The third-order valence-corrected chi connectivity index (χ3v) is 7.26. The first-order chi connectivity index (χ1) is 14.7. The molecule has 0 amide bonds. The third kappa shape index (κ3) is 5.28. The van der Waals surface area contributed by atoms with Crippen molar-refractivity contribution in [3.63, 3.8) is 0 Å². The van der Waals surface area contributed by atoms with Crippen LogP contribution in [0.2, 0.25) is 5.02 Å². The molecule has 0 radical (unpaired) electrons. The average molecular weight is 458 g/mol. The molecule has 3 rings (SSSR count). The molecule has 0 saturated heterocycles. The number of carboxylic acids is 1. The van der Waals surface area contributed by atoms with E-state index in [2.05, 4.69) is 31.2 Å². The van der Waals surface area contributed by atoms with Crippen molar-refractivity contribution in [1.29, 1.82) is 0 Å². The topological polar surface area (TPSA) is 51.5 Å². The van der Waals surface area contributed by atoms with E-state index in [9.17, 15) is 9.90 Å². The number of nitrogens with zero attached hydrogens (tertiary/aromatic N) is 1. The van der Waals surface area contributed by atoms with Gasteiger partial charge in [-0.05, 0) is 82.0 Å². The summed E-state index contributed by atoms with van der Waals surface area (Å²) in [7, 11) is 0. The number of halogens is 1. The standard InChI is InChI=1S/C25H28ClNO3S/c1-15-7-9-21(10-8-15)31-24-18(4)23(25(28)29)27(19(24)5)11-6-12-30-20-13-16(2)22(26)17(3)14-20/h7-10,13-14H,6,11-12H2,1-5H3,(H,28,29). The number of carboxylic acid groups (broad SMARTS) is 1. The van der Waals surface area contributed by atoms with Crippen LogP contribution in [0.25, 0.3) is 0 Å². The zero-order valence-electron chi connectivity index (χ0n) is 18.6. The molecule has 0 atom stereocenters. The van der Waals surface area contributed by atoms with Gasteiger partial charge in [-0.2, -0.15) is 0 Å². The van der Waals surface area contributed by atoms with Gasteiger partial charge in [-0.25, -0.2) is 4.79 Å². The van der Waals surface area contributed by atoms with Crippen molar-refractivity contribution in [1.82, 2.24) is 4.57 Å². The van der Waals surface area contributed by atoms with E-state index in [4.69, 9.17) is 16.3 Å². The molecule has 1 N–H and O–H groups in total. The van der Waals surface area contributed by atoms with Crippen molar-refractivity contribution in [2.45, 2.75) is 57.4 Å². The average Bonchev–Trinajstić information content (AvgIpc) is 2.95. The Morgan fingerprint density at radius 1 is 1.06 bits per heavy atom. The van der Waals surface area contributed by atoms with Crippen molar-refractivity contribution in [2.24, 2.45) is 0 Å². The lowest BCUT2D eigenvalue weighted by Crippen LogP contribution is -2.13. The number of carbonyl (C=O) groups is 1. The van der Waals surface area contributed by atoms with E-state index in [-0.39, 0.29) is 0 Å². The smallest absolute Gasteiger partial charge is 0.352 e. The van der Waals surface area contributed by atoms with E-state index >= 15 is 0 Å². The van der Waals surface area contributed by atoms with E-state index in [1.54, 1.807) is 11.8 Å². The molecule has 0 unspecified atom stereocenters. The molecule has 1 heterocycles. The maximum absolute atomic E-state index is 12.0. The van der Waals surface area contributed by atoms with E-state index in [0.29, 0.717) is 25.3 Å². The zero-order chi connectivity index (χ0) is 22.7. The molecular formula is C25H28ClNO3S. The van der Waals surface area contributed by atoms with Crippen LogP contribution in [0.3, 0.4) is 0 Å². The molecule has 0 aliphatic rings. The van der Waals surface area contributed by atoms with Gasteiger partial charge in [-0.15, -0.1) is 0 Å². The molecule has 164 valence electrons. The first kappa shape index (κ1) is 23.3. The lowest BCUT2D eigenvalue weighted by molar-refractivity contribution is 0.0683. The van der Waals surface area contributed by atoms with Crippen LogP contribution < -0.4 is 4.74 Å². The number of aromatic carboxylic acids is 1. The molecule has 31 heavy (non-hydrogen) atoms. The first-order valence-corrected chi connectivity index (χ1v) is 11.5. The molecule has 2 aromatic carbocycles. The van der Waals surface area contributed by atoms with Crippen LogP contribution in [0.4, 0.5) is 0 Å². The number of hydrogen-bond donors (Lipinski definition) is 1. The van der Waals surface area contributed by atoms with Gasteiger partial charge in [-0.3, -0.25) is 0 Å². The highest BCUT2D eigenvalue weighted by molar-refractivity contribution is 7.99. The number of ether oxygens (including phenoxy) is 1. The Hall–Kier alpha value is -2.37. The monoisotopic (exact) mass is 457 g/mol. The zero-order valence-corrected chi connectivity index (χ0v) is 20.2. The molecular weight excluding hydrogens is 430 g/mol. The number of benzene rings is 2. The Labute approximate surface area is 193 Å². The highest BCUT2D eigenvalue weighted by Crippen LogP contribution is 2.36. The molecule has 4 nitrogen and oxygen atoms in total. The Morgan fingerprint density at radius 3 is 2.26 bits per heavy atom. The molecule has 0 aliphatic carbocycles. The van der Waals surface area contributed by atoms with Gasteiger partial charge >= 0.3 is 5.97 Å². The predicted molar refractivity (Wildman–Crippen MR) is 127 cm³/mol. The lowest BCUT2D eigenvalue weighted by Gasteiger charge is -2.12. The van der Waals surface area contributed by atoms with E-state index < -0.39 is 5.97 Å². The van der Waals surface area contributed by atoms with E-state index in [1.807, 2.05) is 44.4 Å². The third-order valence-electron chi connectivity index (χ3n) is 5.35. The van der Waals surface area contributed by atoms with Crippen LogP contribution in [-0.4, -0.2) is 22.2 Å². The molecule has 0 bridgehead atoms. The second-order valence-corrected chi connectivity index (χ2v) is 9.29. The van der Waals surface area contributed by atoms with Crippen molar-refractivity contribution in [2.75, 3.05) is 6.61 Å². The fourth-order valence-electron chi connectivity index (χ4n) is 3.70. The summed E-state index contributed by atoms with van der Waals surface area (Å²) in [5.41, 5.74) is 5.30. The van der Waals surface area contributed by atoms with Crippen molar-refractivity contribution in [3.8, 4) is 5.75 Å². The van der Waals surface area contributed by atoms with Gasteiger partial charge in [0.25, 0.3) is 0 Å². The summed E-state index contributed by atoms with van der Waals surface area (Å²) in [5, 5.41) is 10.6. The minimum Gasteiger partial charge on any atom is -0.494 e. The molecule has 0 aliphatic heterocycles. The maximum atomic E-state index is 12.0. The Morgan fingerprint density at radius 2 is 1.68 bits per heavy atom. The van der Waals surface area contributed by atoms with Gasteiger partial charge in [-0.1, -0.05) is 41.1 Å². The molecule has 0 fully saturated rings. The second kappa shape index (κ2) is 9.84. The van der Waals surface area contributed by atoms with Crippen molar-refractivity contribution in [3.05, 3.63) is 75.1 Å². The quantitative estimate of drug-likeness (QED) is 0.370. The fourth-order valence-corrected chi connectivity index (χ4v) is 4.83. The van der Waals surface area contributed by atoms with Crippen LogP contribution in [0.1, 0.15) is 44.9 Å². The maximum Gasteiger partial charge on any atom is 0.352 e. The van der Waals surface area contributed by atoms with Gasteiger partial charge in [0.2, 0.25) is 0 Å². The summed E-state index contributed by atoms with van der Waals surface area (Å²) < 4.78 is 7.80. The highest BCUT2D eigenvalue weighted by atomic mass is 35.5. The normalized spacial score (nSPS) is 11.0. The van der Waals surface area contributed by atoms with Crippen LogP contribution in [0, 0.1) is 34.6 Å². The molecule has 3 aromatic rings. The molecule has 6 heteroatoms. The van der Waals surface area contributed by atoms with Crippen molar-refractivity contribution < 1.29 is 14.6 Å². The number of aryl methyl sites for hydroxylation is 3. The summed E-state index contributed by atoms with van der Waals surface area (Å²) in [6, 6.07) is 12.1. The minimum absolute atomic E-state index is 0.352. The summed E-state index contributed by atoms with van der Waals surface area (Å²) in [6.07, 6.45) is 0.699. The highest BCUT2D eigenvalue weighted by Gasteiger charge is 2.22. The van der Waals surface area contributed by atoms with Crippen LogP contribution >= 0.6 is 23.4 Å². The number of aromatic nitrogens is 1. The van der Waals surface area contributed by atoms with Crippen LogP contribution in [0.15, 0.2) is 46.2 Å².